The van der Waals surface area contributed by atoms with Crippen molar-refractivity contribution in [3.63, 3.8) is 0 Å². The SMILES string of the molecule is CCC1CN(c2ccc(C#N)c(N3CCOC(CC)C3)n2)CCO1. The van der Waals surface area contributed by atoms with Gasteiger partial charge in [-0.1, -0.05) is 13.8 Å². The van der Waals surface area contributed by atoms with Crippen LogP contribution in [0, 0.1) is 11.3 Å². The third kappa shape index (κ3) is 3.63. The number of aromatic nitrogens is 1. The summed E-state index contributed by atoms with van der Waals surface area (Å²) in [5.74, 6) is 1.72. The molecule has 2 atom stereocenters. The van der Waals surface area contributed by atoms with Crippen molar-refractivity contribution in [2.45, 2.75) is 38.9 Å². The zero-order valence-corrected chi connectivity index (χ0v) is 14.6. The first-order chi connectivity index (χ1) is 11.7. The Labute approximate surface area is 144 Å². The van der Waals surface area contributed by atoms with Crippen LogP contribution in [0.1, 0.15) is 32.3 Å². The van der Waals surface area contributed by atoms with E-state index in [9.17, 15) is 5.26 Å². The van der Waals surface area contributed by atoms with Gasteiger partial charge in [0.05, 0.1) is 31.0 Å². The van der Waals surface area contributed by atoms with Gasteiger partial charge in [-0.2, -0.15) is 5.26 Å². The first-order valence-corrected chi connectivity index (χ1v) is 8.89. The maximum absolute atomic E-state index is 9.47. The van der Waals surface area contributed by atoms with E-state index in [1.807, 2.05) is 12.1 Å². The number of nitrogens with zero attached hydrogens (tertiary/aromatic N) is 4. The van der Waals surface area contributed by atoms with Gasteiger partial charge in [0.2, 0.25) is 0 Å². The molecule has 130 valence electrons. The number of nitriles is 1. The van der Waals surface area contributed by atoms with Crippen molar-refractivity contribution >= 4 is 11.6 Å². The Kier molecular flexibility index (Phi) is 5.54. The fourth-order valence-corrected chi connectivity index (χ4v) is 3.28. The fourth-order valence-electron chi connectivity index (χ4n) is 3.28. The van der Waals surface area contributed by atoms with E-state index < -0.39 is 0 Å². The van der Waals surface area contributed by atoms with Crippen molar-refractivity contribution < 1.29 is 9.47 Å². The monoisotopic (exact) mass is 330 g/mol. The van der Waals surface area contributed by atoms with E-state index >= 15 is 0 Å². The smallest absolute Gasteiger partial charge is 0.149 e. The molecule has 1 aromatic rings. The summed E-state index contributed by atoms with van der Waals surface area (Å²) in [5.41, 5.74) is 0.635. The lowest BCUT2D eigenvalue weighted by atomic mass is 10.2. The Bertz CT molecular complexity index is 601. The Morgan fingerprint density at radius 1 is 1.08 bits per heavy atom. The second-order valence-corrected chi connectivity index (χ2v) is 6.35. The highest BCUT2D eigenvalue weighted by Crippen LogP contribution is 2.26. The lowest BCUT2D eigenvalue weighted by molar-refractivity contribution is 0.0376. The molecule has 0 saturated carbocycles. The van der Waals surface area contributed by atoms with Crippen molar-refractivity contribution in [2.24, 2.45) is 0 Å². The van der Waals surface area contributed by atoms with E-state index in [1.165, 1.54) is 0 Å². The number of hydrogen-bond acceptors (Lipinski definition) is 6. The lowest BCUT2D eigenvalue weighted by Gasteiger charge is -2.36. The number of rotatable bonds is 4. The Hall–Kier alpha value is -1.84. The first kappa shape index (κ1) is 17.0. The number of morpholine rings is 2. The van der Waals surface area contributed by atoms with Crippen LogP contribution in [0.15, 0.2) is 12.1 Å². The van der Waals surface area contributed by atoms with Gasteiger partial charge < -0.3 is 19.3 Å². The van der Waals surface area contributed by atoms with Gasteiger partial charge in [-0.15, -0.1) is 0 Å². The second kappa shape index (κ2) is 7.82. The van der Waals surface area contributed by atoms with Crippen molar-refractivity contribution in [3.05, 3.63) is 17.7 Å². The van der Waals surface area contributed by atoms with Gasteiger partial charge in [0.25, 0.3) is 0 Å². The normalized spacial score (nSPS) is 24.7. The summed E-state index contributed by atoms with van der Waals surface area (Å²) < 4.78 is 11.5. The van der Waals surface area contributed by atoms with Crippen LogP contribution in [0.3, 0.4) is 0 Å². The molecule has 2 saturated heterocycles. The van der Waals surface area contributed by atoms with Crippen LogP contribution in [0.5, 0.6) is 0 Å². The number of anilines is 2. The summed E-state index contributed by atoms with van der Waals surface area (Å²) in [7, 11) is 0. The summed E-state index contributed by atoms with van der Waals surface area (Å²) in [6, 6.07) is 6.14. The maximum Gasteiger partial charge on any atom is 0.149 e. The van der Waals surface area contributed by atoms with Crippen LogP contribution >= 0.6 is 0 Å². The van der Waals surface area contributed by atoms with Gasteiger partial charge in [0.15, 0.2) is 0 Å². The van der Waals surface area contributed by atoms with Gasteiger partial charge >= 0.3 is 0 Å². The van der Waals surface area contributed by atoms with Gasteiger partial charge in [-0.25, -0.2) is 4.98 Å². The minimum absolute atomic E-state index is 0.212. The molecule has 2 unspecified atom stereocenters. The molecule has 0 aliphatic carbocycles. The Balaban J connectivity index is 1.84. The Morgan fingerprint density at radius 3 is 2.33 bits per heavy atom. The van der Waals surface area contributed by atoms with Crippen molar-refractivity contribution in [3.8, 4) is 6.07 Å². The molecule has 1 aromatic heterocycles. The summed E-state index contributed by atoms with van der Waals surface area (Å²) in [4.78, 5) is 9.30. The summed E-state index contributed by atoms with van der Waals surface area (Å²) >= 11 is 0. The van der Waals surface area contributed by atoms with E-state index in [0.29, 0.717) is 12.2 Å². The highest BCUT2D eigenvalue weighted by atomic mass is 16.5. The molecule has 0 spiro atoms. The molecule has 2 aliphatic rings. The molecule has 0 bridgehead atoms. The van der Waals surface area contributed by atoms with Crippen LogP contribution in [0.2, 0.25) is 0 Å². The van der Waals surface area contributed by atoms with Crippen molar-refractivity contribution in [1.82, 2.24) is 4.98 Å². The predicted molar refractivity (Wildman–Crippen MR) is 93.4 cm³/mol. The van der Waals surface area contributed by atoms with Crippen molar-refractivity contribution in [2.75, 3.05) is 49.2 Å². The molecule has 3 heterocycles. The van der Waals surface area contributed by atoms with Gasteiger partial charge in [0.1, 0.15) is 17.7 Å². The topological polar surface area (TPSA) is 61.6 Å². The molecule has 3 rings (SSSR count). The molecule has 0 amide bonds. The fraction of sp³-hybridized carbons (Fsp3) is 0.667. The van der Waals surface area contributed by atoms with Crippen LogP contribution in [-0.4, -0.2) is 56.6 Å². The highest BCUT2D eigenvalue weighted by molar-refractivity contribution is 5.59. The average Bonchev–Trinajstić information content (AvgIpc) is 2.67. The molecule has 24 heavy (non-hydrogen) atoms. The van der Waals surface area contributed by atoms with Crippen LogP contribution in [0.25, 0.3) is 0 Å². The Morgan fingerprint density at radius 2 is 1.71 bits per heavy atom. The number of ether oxygens (including phenoxy) is 2. The third-order valence-corrected chi connectivity index (χ3v) is 4.79. The first-order valence-electron chi connectivity index (χ1n) is 8.89. The molecule has 0 aromatic carbocycles. The highest BCUT2D eigenvalue weighted by Gasteiger charge is 2.25. The summed E-state index contributed by atoms with van der Waals surface area (Å²) in [6.45, 7) is 8.96. The van der Waals surface area contributed by atoms with Crippen LogP contribution < -0.4 is 9.80 Å². The van der Waals surface area contributed by atoms with Crippen LogP contribution in [0.4, 0.5) is 11.6 Å². The minimum atomic E-state index is 0.212. The van der Waals surface area contributed by atoms with Gasteiger partial charge in [-0.05, 0) is 25.0 Å². The van der Waals surface area contributed by atoms with E-state index in [0.717, 1.165) is 57.3 Å². The standard InChI is InChI=1S/C18H26N4O2/c1-3-15-12-21(7-9-23-15)17-6-5-14(11-19)18(20-17)22-8-10-24-16(4-2)13-22/h5-6,15-16H,3-4,7-10,12-13H2,1-2H3. The average molecular weight is 330 g/mol. The molecular formula is C18H26N4O2. The maximum atomic E-state index is 9.47. The number of hydrogen-bond donors (Lipinski definition) is 0. The zero-order valence-electron chi connectivity index (χ0n) is 14.6. The third-order valence-electron chi connectivity index (χ3n) is 4.79. The molecular weight excluding hydrogens is 304 g/mol. The van der Waals surface area contributed by atoms with Gasteiger partial charge in [0, 0.05) is 26.2 Å². The van der Waals surface area contributed by atoms with E-state index in [-0.39, 0.29) is 12.2 Å². The molecule has 0 N–H and O–H groups in total. The molecule has 0 radical (unpaired) electrons. The van der Waals surface area contributed by atoms with Crippen molar-refractivity contribution in [1.29, 1.82) is 5.26 Å². The van der Waals surface area contributed by atoms with Crippen LogP contribution in [-0.2, 0) is 9.47 Å². The number of pyridine rings is 1. The van der Waals surface area contributed by atoms with Gasteiger partial charge in [-0.3, -0.25) is 0 Å². The van der Waals surface area contributed by atoms with E-state index in [1.54, 1.807) is 0 Å². The molecule has 6 nitrogen and oxygen atoms in total. The van der Waals surface area contributed by atoms with E-state index in [2.05, 4.69) is 29.7 Å². The molecule has 2 aliphatic heterocycles. The summed E-state index contributed by atoms with van der Waals surface area (Å²) in [6.07, 6.45) is 2.44. The largest absolute Gasteiger partial charge is 0.375 e. The quantitative estimate of drug-likeness (QED) is 0.843. The minimum Gasteiger partial charge on any atom is -0.375 e. The molecule has 2 fully saturated rings. The second-order valence-electron chi connectivity index (χ2n) is 6.35. The predicted octanol–water partition coefficient (Wildman–Crippen LogP) is 2.18. The van der Waals surface area contributed by atoms with E-state index in [4.69, 9.17) is 14.5 Å². The summed E-state index contributed by atoms with van der Waals surface area (Å²) in [5, 5.41) is 9.47. The molecule has 6 heteroatoms. The zero-order chi connectivity index (χ0) is 16.9. The lowest BCUT2D eigenvalue weighted by Crippen LogP contribution is -2.44.